The SMILES string of the molecule is OC1(COc2ccccc2)CCCN(Cc2ccc(OCCn3cc(Cl)cn3)cc2)C1. The summed E-state index contributed by atoms with van der Waals surface area (Å²) >= 11 is 5.87. The number of para-hydroxylation sites is 1. The Morgan fingerprint density at radius 2 is 1.81 bits per heavy atom. The normalized spacial score (nSPS) is 19.3. The summed E-state index contributed by atoms with van der Waals surface area (Å²) in [6, 6.07) is 17.8. The van der Waals surface area contributed by atoms with Gasteiger partial charge in [0, 0.05) is 19.3 Å². The third kappa shape index (κ3) is 6.47. The molecule has 4 rings (SSSR count). The molecule has 1 saturated heterocycles. The van der Waals surface area contributed by atoms with Crippen molar-refractivity contribution in [2.75, 3.05) is 26.3 Å². The number of hydrogen-bond donors (Lipinski definition) is 1. The van der Waals surface area contributed by atoms with E-state index in [1.54, 1.807) is 17.1 Å². The molecule has 1 N–H and O–H groups in total. The Hall–Kier alpha value is -2.54. The van der Waals surface area contributed by atoms with Crippen molar-refractivity contribution in [3.63, 3.8) is 0 Å². The lowest BCUT2D eigenvalue weighted by Gasteiger charge is -2.39. The highest BCUT2D eigenvalue weighted by Crippen LogP contribution is 2.24. The average Bonchev–Trinajstić information content (AvgIpc) is 3.19. The molecule has 1 aliphatic heterocycles. The molecule has 0 saturated carbocycles. The number of likely N-dealkylation sites (tertiary alicyclic amines) is 1. The number of benzene rings is 2. The number of rotatable bonds is 9. The van der Waals surface area contributed by atoms with E-state index >= 15 is 0 Å². The molecule has 0 aliphatic carbocycles. The van der Waals surface area contributed by atoms with Crippen LogP contribution in [0.2, 0.25) is 5.02 Å². The first-order valence-corrected chi connectivity index (χ1v) is 11.0. The van der Waals surface area contributed by atoms with E-state index in [9.17, 15) is 5.11 Å². The zero-order valence-electron chi connectivity index (χ0n) is 17.5. The van der Waals surface area contributed by atoms with Gasteiger partial charge in [-0.3, -0.25) is 9.58 Å². The highest BCUT2D eigenvalue weighted by molar-refractivity contribution is 6.30. The van der Waals surface area contributed by atoms with Crippen LogP contribution in [0.25, 0.3) is 0 Å². The van der Waals surface area contributed by atoms with Crippen LogP contribution in [0.15, 0.2) is 67.0 Å². The molecule has 1 atom stereocenters. The largest absolute Gasteiger partial charge is 0.492 e. The lowest BCUT2D eigenvalue weighted by atomic mass is 9.93. The molecule has 0 amide bonds. The Bertz CT molecular complexity index is 948. The van der Waals surface area contributed by atoms with Crippen molar-refractivity contribution in [3.05, 3.63) is 77.6 Å². The maximum atomic E-state index is 11.0. The zero-order valence-corrected chi connectivity index (χ0v) is 18.2. The molecule has 1 unspecified atom stereocenters. The maximum Gasteiger partial charge on any atom is 0.119 e. The van der Waals surface area contributed by atoms with Crippen LogP contribution in [0.4, 0.5) is 0 Å². The summed E-state index contributed by atoms with van der Waals surface area (Å²) in [4.78, 5) is 2.29. The number of hydrogen-bond acceptors (Lipinski definition) is 5. The third-order valence-corrected chi connectivity index (χ3v) is 5.60. The van der Waals surface area contributed by atoms with Crippen molar-refractivity contribution < 1.29 is 14.6 Å². The van der Waals surface area contributed by atoms with Gasteiger partial charge in [-0.15, -0.1) is 0 Å². The van der Waals surface area contributed by atoms with Gasteiger partial charge in [0.05, 0.1) is 17.8 Å². The number of aromatic nitrogens is 2. The monoisotopic (exact) mass is 441 g/mol. The molecule has 0 bridgehead atoms. The highest BCUT2D eigenvalue weighted by atomic mass is 35.5. The van der Waals surface area contributed by atoms with Crippen molar-refractivity contribution in [1.82, 2.24) is 14.7 Å². The van der Waals surface area contributed by atoms with Gasteiger partial charge in [0.15, 0.2) is 0 Å². The lowest BCUT2D eigenvalue weighted by molar-refractivity contribution is -0.0621. The van der Waals surface area contributed by atoms with Crippen molar-refractivity contribution >= 4 is 11.6 Å². The van der Waals surface area contributed by atoms with E-state index in [0.29, 0.717) is 31.3 Å². The van der Waals surface area contributed by atoms with Gasteiger partial charge in [0.2, 0.25) is 0 Å². The molecular weight excluding hydrogens is 414 g/mol. The fourth-order valence-corrected chi connectivity index (χ4v) is 4.02. The average molecular weight is 442 g/mol. The maximum absolute atomic E-state index is 11.0. The van der Waals surface area contributed by atoms with Crippen molar-refractivity contribution in [2.45, 2.75) is 31.5 Å². The van der Waals surface area contributed by atoms with Crippen LogP contribution in [-0.4, -0.2) is 51.7 Å². The molecule has 31 heavy (non-hydrogen) atoms. The molecule has 1 aliphatic rings. The van der Waals surface area contributed by atoms with Gasteiger partial charge < -0.3 is 14.6 Å². The van der Waals surface area contributed by atoms with Crippen LogP contribution in [0.1, 0.15) is 18.4 Å². The summed E-state index contributed by atoms with van der Waals surface area (Å²) in [5, 5.41) is 15.8. The minimum Gasteiger partial charge on any atom is -0.492 e. The van der Waals surface area contributed by atoms with E-state index in [-0.39, 0.29) is 0 Å². The van der Waals surface area contributed by atoms with Crippen LogP contribution in [-0.2, 0) is 13.1 Å². The van der Waals surface area contributed by atoms with Crippen LogP contribution in [0.5, 0.6) is 11.5 Å². The first-order chi connectivity index (χ1) is 15.1. The van der Waals surface area contributed by atoms with Gasteiger partial charge in [-0.2, -0.15) is 5.10 Å². The predicted octanol–water partition coefficient (Wildman–Crippen LogP) is 4.02. The lowest BCUT2D eigenvalue weighted by Crippen LogP contribution is -2.51. The first-order valence-electron chi connectivity index (χ1n) is 10.6. The molecule has 7 heteroatoms. The van der Waals surface area contributed by atoms with E-state index in [2.05, 4.69) is 22.1 Å². The second kappa shape index (κ2) is 10.2. The fourth-order valence-electron chi connectivity index (χ4n) is 3.86. The molecule has 2 heterocycles. The van der Waals surface area contributed by atoms with Gasteiger partial charge in [-0.05, 0) is 49.2 Å². The Labute approximate surface area is 188 Å². The molecule has 1 fully saturated rings. The summed E-state index contributed by atoms with van der Waals surface area (Å²) < 4.78 is 13.4. The summed E-state index contributed by atoms with van der Waals surface area (Å²) in [7, 11) is 0. The number of halogens is 1. The second-order valence-electron chi connectivity index (χ2n) is 8.05. The minimum absolute atomic E-state index is 0.307. The molecule has 6 nitrogen and oxygen atoms in total. The number of ether oxygens (including phenoxy) is 2. The molecule has 0 radical (unpaired) electrons. The molecule has 1 aromatic heterocycles. The summed E-state index contributed by atoms with van der Waals surface area (Å²) in [6.45, 7) is 3.84. The first kappa shape index (κ1) is 21.7. The van der Waals surface area contributed by atoms with Gasteiger partial charge in [0.1, 0.15) is 30.3 Å². The van der Waals surface area contributed by atoms with E-state index in [0.717, 1.165) is 37.4 Å². The van der Waals surface area contributed by atoms with Crippen LogP contribution in [0.3, 0.4) is 0 Å². The van der Waals surface area contributed by atoms with Crippen molar-refractivity contribution in [2.24, 2.45) is 0 Å². The molecule has 164 valence electrons. The number of aliphatic hydroxyl groups is 1. The van der Waals surface area contributed by atoms with E-state index in [1.165, 1.54) is 5.56 Å². The molecule has 2 aromatic carbocycles. The van der Waals surface area contributed by atoms with Crippen LogP contribution in [0, 0.1) is 0 Å². The van der Waals surface area contributed by atoms with Gasteiger partial charge in [0.25, 0.3) is 0 Å². The quantitative estimate of drug-likeness (QED) is 0.543. The van der Waals surface area contributed by atoms with E-state index in [4.69, 9.17) is 21.1 Å². The van der Waals surface area contributed by atoms with Crippen molar-refractivity contribution in [1.29, 1.82) is 0 Å². The van der Waals surface area contributed by atoms with Crippen molar-refractivity contribution in [3.8, 4) is 11.5 Å². The Morgan fingerprint density at radius 1 is 1.03 bits per heavy atom. The Kier molecular flexibility index (Phi) is 7.12. The van der Waals surface area contributed by atoms with Gasteiger partial charge in [-0.25, -0.2) is 0 Å². The predicted molar refractivity (Wildman–Crippen MR) is 121 cm³/mol. The smallest absolute Gasteiger partial charge is 0.119 e. The molecule has 3 aromatic rings. The topological polar surface area (TPSA) is 59.8 Å². The van der Waals surface area contributed by atoms with E-state index < -0.39 is 5.60 Å². The Balaban J connectivity index is 1.24. The number of nitrogens with zero attached hydrogens (tertiary/aromatic N) is 3. The fraction of sp³-hybridized carbons (Fsp3) is 0.375. The molecule has 0 spiro atoms. The summed E-state index contributed by atoms with van der Waals surface area (Å²) in [6.07, 6.45) is 5.10. The Morgan fingerprint density at radius 3 is 2.55 bits per heavy atom. The third-order valence-electron chi connectivity index (χ3n) is 5.41. The molecular formula is C24H28ClN3O3. The van der Waals surface area contributed by atoms with Gasteiger partial charge in [-0.1, -0.05) is 41.9 Å². The van der Waals surface area contributed by atoms with Crippen LogP contribution >= 0.6 is 11.6 Å². The second-order valence-corrected chi connectivity index (χ2v) is 8.49. The van der Waals surface area contributed by atoms with Crippen LogP contribution < -0.4 is 9.47 Å². The minimum atomic E-state index is -0.827. The van der Waals surface area contributed by atoms with E-state index in [1.807, 2.05) is 42.5 Å². The van der Waals surface area contributed by atoms with Gasteiger partial charge >= 0.3 is 0 Å². The summed E-state index contributed by atoms with van der Waals surface area (Å²) in [5.41, 5.74) is 0.367. The number of β-amino-alcohol motifs (C(OH)–C–C–N with tert-alkyl or cyclic N) is 1. The standard InChI is InChI=1S/C24H28ClN3O3/c25-21-15-26-28(17-21)13-14-30-23-9-7-20(8-10-23)16-27-12-4-11-24(29,18-27)19-31-22-5-2-1-3-6-22/h1-3,5-10,15,17,29H,4,11-14,16,18-19H2. The highest BCUT2D eigenvalue weighted by Gasteiger charge is 2.34. The summed E-state index contributed by atoms with van der Waals surface area (Å²) in [5.74, 6) is 1.62. The zero-order chi connectivity index (χ0) is 21.5. The number of piperidine rings is 1.